The molecule has 0 bridgehead atoms. The fourth-order valence-corrected chi connectivity index (χ4v) is 4.98. The van der Waals surface area contributed by atoms with Gasteiger partial charge in [0.05, 0.1) is 10.9 Å². The zero-order valence-corrected chi connectivity index (χ0v) is 12.2. The first-order chi connectivity index (χ1) is 9.59. The van der Waals surface area contributed by atoms with Crippen LogP contribution in [0.3, 0.4) is 0 Å². The summed E-state index contributed by atoms with van der Waals surface area (Å²) in [5, 5.41) is -0.320. The van der Waals surface area contributed by atoms with Crippen LogP contribution in [0.4, 0.5) is 11.4 Å². The monoisotopic (exact) mass is 296 g/mol. The molecule has 5 nitrogen and oxygen atoms in total. The van der Waals surface area contributed by atoms with E-state index in [9.17, 15) is 8.42 Å². The SMILES string of the molecule is Nc1ccc2c(c1)CCCN2S(=O)(=O)C1CCOCC1. The number of aryl methyl sites for hydroxylation is 1. The van der Waals surface area contributed by atoms with E-state index in [4.69, 9.17) is 10.5 Å². The number of nitrogen functional groups attached to an aromatic ring is 1. The molecule has 2 aliphatic heterocycles. The molecule has 0 saturated carbocycles. The molecule has 0 spiro atoms. The molecule has 2 heterocycles. The number of fused-ring (bicyclic) bond motifs is 1. The van der Waals surface area contributed by atoms with Crippen molar-refractivity contribution in [1.29, 1.82) is 0 Å². The van der Waals surface area contributed by atoms with Gasteiger partial charge >= 0.3 is 0 Å². The van der Waals surface area contributed by atoms with Gasteiger partial charge in [0.25, 0.3) is 0 Å². The molecule has 0 atom stereocenters. The minimum absolute atomic E-state index is 0.320. The fraction of sp³-hybridized carbons (Fsp3) is 0.571. The Balaban J connectivity index is 1.95. The molecule has 0 amide bonds. The highest BCUT2D eigenvalue weighted by Gasteiger charge is 2.35. The van der Waals surface area contributed by atoms with Crippen molar-refractivity contribution in [2.45, 2.75) is 30.9 Å². The van der Waals surface area contributed by atoms with Crippen LogP contribution in [-0.2, 0) is 21.2 Å². The molecule has 20 heavy (non-hydrogen) atoms. The minimum Gasteiger partial charge on any atom is -0.399 e. The Morgan fingerprint density at radius 1 is 1.25 bits per heavy atom. The fourth-order valence-electron chi connectivity index (χ4n) is 3.00. The molecular formula is C14H20N2O3S. The smallest absolute Gasteiger partial charge is 0.238 e. The van der Waals surface area contributed by atoms with E-state index in [-0.39, 0.29) is 5.25 Å². The Labute approximate surface area is 119 Å². The lowest BCUT2D eigenvalue weighted by molar-refractivity contribution is 0.0983. The van der Waals surface area contributed by atoms with Crippen LogP contribution >= 0.6 is 0 Å². The van der Waals surface area contributed by atoms with Crippen LogP contribution < -0.4 is 10.0 Å². The highest BCUT2D eigenvalue weighted by atomic mass is 32.2. The van der Waals surface area contributed by atoms with Gasteiger partial charge in [0, 0.05) is 25.4 Å². The van der Waals surface area contributed by atoms with Crippen LogP contribution in [0, 0.1) is 0 Å². The highest BCUT2D eigenvalue weighted by Crippen LogP contribution is 2.33. The number of benzene rings is 1. The van der Waals surface area contributed by atoms with Crippen LogP contribution in [0.2, 0.25) is 0 Å². The Kier molecular flexibility index (Phi) is 3.60. The summed E-state index contributed by atoms with van der Waals surface area (Å²) in [6.07, 6.45) is 2.91. The molecular weight excluding hydrogens is 276 g/mol. The number of rotatable bonds is 2. The largest absolute Gasteiger partial charge is 0.399 e. The normalized spacial score (nSPS) is 20.7. The van der Waals surface area contributed by atoms with Gasteiger partial charge in [-0.1, -0.05) is 0 Å². The third kappa shape index (κ3) is 2.38. The number of anilines is 2. The maximum atomic E-state index is 12.8. The predicted octanol–water partition coefficient (Wildman–Crippen LogP) is 1.53. The standard InChI is InChI=1S/C14H20N2O3S/c15-12-3-4-14-11(10-12)2-1-7-16(14)20(17,18)13-5-8-19-9-6-13/h3-4,10,13H,1-2,5-9,15H2. The zero-order chi connectivity index (χ0) is 14.2. The minimum atomic E-state index is -3.30. The van der Waals surface area contributed by atoms with Crippen molar-refractivity contribution in [3.8, 4) is 0 Å². The second-order valence-electron chi connectivity index (χ2n) is 5.42. The second-order valence-corrected chi connectivity index (χ2v) is 7.56. The van der Waals surface area contributed by atoms with Gasteiger partial charge in [0.1, 0.15) is 0 Å². The Hall–Kier alpha value is -1.27. The van der Waals surface area contributed by atoms with Crippen molar-refractivity contribution in [3.63, 3.8) is 0 Å². The van der Waals surface area contributed by atoms with Gasteiger partial charge in [0.2, 0.25) is 10.0 Å². The van der Waals surface area contributed by atoms with Gasteiger partial charge < -0.3 is 10.5 Å². The molecule has 2 aliphatic rings. The van der Waals surface area contributed by atoms with Crippen LogP contribution in [-0.4, -0.2) is 33.4 Å². The number of nitrogens with two attached hydrogens (primary N) is 1. The van der Waals surface area contributed by atoms with Crippen LogP contribution in [0.5, 0.6) is 0 Å². The molecule has 0 radical (unpaired) electrons. The van der Waals surface area contributed by atoms with Gasteiger partial charge in [0.15, 0.2) is 0 Å². The topological polar surface area (TPSA) is 72.6 Å². The van der Waals surface area contributed by atoms with E-state index in [1.165, 1.54) is 0 Å². The van der Waals surface area contributed by atoms with Gasteiger partial charge in [-0.3, -0.25) is 4.31 Å². The number of nitrogens with zero attached hydrogens (tertiary/aromatic N) is 1. The summed E-state index contributed by atoms with van der Waals surface area (Å²) >= 11 is 0. The van der Waals surface area contributed by atoms with Gasteiger partial charge in [-0.2, -0.15) is 0 Å². The van der Waals surface area contributed by atoms with E-state index in [0.717, 1.165) is 24.1 Å². The van der Waals surface area contributed by atoms with E-state index in [2.05, 4.69) is 0 Å². The average molecular weight is 296 g/mol. The molecule has 1 fully saturated rings. The summed E-state index contributed by atoms with van der Waals surface area (Å²) in [4.78, 5) is 0. The van der Waals surface area contributed by atoms with E-state index in [1.54, 1.807) is 10.4 Å². The first-order valence-electron chi connectivity index (χ1n) is 7.07. The first-order valence-corrected chi connectivity index (χ1v) is 8.57. The average Bonchev–Trinajstić information content (AvgIpc) is 2.47. The van der Waals surface area contributed by atoms with Crippen molar-refractivity contribution in [2.24, 2.45) is 0 Å². The van der Waals surface area contributed by atoms with Crippen LogP contribution in [0.15, 0.2) is 18.2 Å². The number of sulfonamides is 1. The number of ether oxygens (including phenoxy) is 1. The quantitative estimate of drug-likeness (QED) is 0.840. The lowest BCUT2D eigenvalue weighted by Crippen LogP contribution is -2.43. The molecule has 110 valence electrons. The van der Waals surface area contributed by atoms with Crippen molar-refractivity contribution in [1.82, 2.24) is 0 Å². The Bertz CT molecular complexity index is 594. The maximum absolute atomic E-state index is 12.8. The predicted molar refractivity (Wildman–Crippen MR) is 79.3 cm³/mol. The van der Waals surface area contributed by atoms with Crippen molar-refractivity contribution in [2.75, 3.05) is 29.8 Å². The maximum Gasteiger partial charge on any atom is 0.238 e. The lowest BCUT2D eigenvalue weighted by atomic mass is 10.0. The Morgan fingerprint density at radius 2 is 2.00 bits per heavy atom. The highest BCUT2D eigenvalue weighted by molar-refractivity contribution is 7.93. The molecule has 0 aromatic heterocycles. The lowest BCUT2D eigenvalue weighted by Gasteiger charge is -2.34. The van der Waals surface area contributed by atoms with Crippen LogP contribution in [0.25, 0.3) is 0 Å². The zero-order valence-electron chi connectivity index (χ0n) is 11.4. The van der Waals surface area contributed by atoms with Crippen LogP contribution in [0.1, 0.15) is 24.8 Å². The van der Waals surface area contributed by atoms with E-state index in [1.807, 2.05) is 12.1 Å². The second kappa shape index (κ2) is 5.26. The van der Waals surface area contributed by atoms with E-state index < -0.39 is 10.0 Å². The summed E-state index contributed by atoms with van der Waals surface area (Å²) < 4.78 is 32.5. The Morgan fingerprint density at radius 3 is 2.75 bits per heavy atom. The molecule has 1 aromatic carbocycles. The van der Waals surface area contributed by atoms with Crippen molar-refractivity contribution < 1.29 is 13.2 Å². The number of hydrogen-bond donors (Lipinski definition) is 1. The summed E-state index contributed by atoms with van der Waals surface area (Å²) in [6, 6.07) is 5.50. The molecule has 2 N–H and O–H groups in total. The van der Waals surface area contributed by atoms with Gasteiger partial charge in [-0.15, -0.1) is 0 Å². The summed E-state index contributed by atoms with van der Waals surface area (Å²) in [5.74, 6) is 0. The number of hydrogen-bond acceptors (Lipinski definition) is 4. The van der Waals surface area contributed by atoms with Crippen molar-refractivity contribution >= 4 is 21.4 Å². The third-order valence-electron chi connectivity index (χ3n) is 4.08. The van der Waals surface area contributed by atoms with Gasteiger partial charge in [-0.25, -0.2) is 8.42 Å². The van der Waals surface area contributed by atoms with E-state index in [0.29, 0.717) is 38.3 Å². The third-order valence-corrected chi connectivity index (χ3v) is 6.38. The van der Waals surface area contributed by atoms with Crippen molar-refractivity contribution in [3.05, 3.63) is 23.8 Å². The summed E-state index contributed by atoms with van der Waals surface area (Å²) in [5.41, 5.74) is 8.32. The van der Waals surface area contributed by atoms with Gasteiger partial charge in [-0.05, 0) is 49.4 Å². The molecule has 0 unspecified atom stereocenters. The summed E-state index contributed by atoms with van der Waals surface area (Å²) in [7, 11) is -3.30. The molecule has 0 aliphatic carbocycles. The molecule has 3 rings (SSSR count). The molecule has 6 heteroatoms. The molecule has 1 saturated heterocycles. The first kappa shape index (κ1) is 13.7. The summed E-state index contributed by atoms with van der Waals surface area (Å²) in [6.45, 7) is 1.63. The van der Waals surface area contributed by atoms with E-state index >= 15 is 0 Å². The molecule has 1 aromatic rings.